The van der Waals surface area contributed by atoms with Gasteiger partial charge < -0.3 is 15.5 Å². The molecule has 1 aromatic carbocycles. The molecule has 2 unspecified atom stereocenters. The van der Waals surface area contributed by atoms with E-state index in [9.17, 15) is 4.79 Å². The van der Waals surface area contributed by atoms with Gasteiger partial charge in [-0.2, -0.15) is 0 Å². The normalized spacial score (nSPS) is 22.7. The Morgan fingerprint density at radius 3 is 2.92 bits per heavy atom. The van der Waals surface area contributed by atoms with Gasteiger partial charge in [0, 0.05) is 24.7 Å². The maximum absolute atomic E-state index is 12.7. The average molecular weight is 358 g/mol. The number of amides is 1. The number of aryl methyl sites for hydroxylation is 1. The van der Waals surface area contributed by atoms with Gasteiger partial charge >= 0.3 is 0 Å². The Labute approximate surface area is 158 Å². The van der Waals surface area contributed by atoms with Crippen molar-refractivity contribution in [1.29, 1.82) is 0 Å². The first-order valence-corrected chi connectivity index (χ1v) is 10.5. The number of unbranched alkanes of at least 4 members (excludes halogenated alkanes) is 4. The van der Waals surface area contributed by atoms with Crippen LogP contribution in [-0.2, 0) is 11.2 Å². The number of carbonyl (C=O) groups is 1. The number of anilines is 1. The zero-order valence-electron chi connectivity index (χ0n) is 16.5. The number of nitrogens with zero attached hydrogens (tertiary/aromatic N) is 1. The Hall–Kier alpha value is -1.55. The van der Waals surface area contributed by atoms with Crippen molar-refractivity contribution in [2.24, 2.45) is 0 Å². The maximum Gasteiger partial charge on any atom is 0.243 e. The van der Waals surface area contributed by atoms with Crippen molar-refractivity contribution in [2.75, 3.05) is 25.0 Å². The van der Waals surface area contributed by atoms with Gasteiger partial charge in [0.25, 0.3) is 0 Å². The first kappa shape index (κ1) is 19.2. The molecular weight excluding hydrogens is 322 g/mol. The third-order valence-electron chi connectivity index (χ3n) is 5.85. The van der Waals surface area contributed by atoms with E-state index in [0.29, 0.717) is 6.04 Å². The van der Waals surface area contributed by atoms with Crippen LogP contribution in [0.1, 0.15) is 63.0 Å². The summed E-state index contributed by atoms with van der Waals surface area (Å²) >= 11 is 0. The smallest absolute Gasteiger partial charge is 0.243 e. The highest BCUT2D eigenvalue weighted by molar-refractivity contribution is 5.88. The lowest BCUT2D eigenvalue weighted by atomic mass is 10.0. The standard InChI is InChI=1S/C22H35N3O/c1-3-4-5-6-7-13-25-14-9-12-19(16-25)23-22(26)20-15-18-11-8-10-17(2)21(18)24-20/h8,10-11,19-20,24H,3-7,9,12-16H2,1-2H3,(H,23,26). The molecule has 0 spiro atoms. The summed E-state index contributed by atoms with van der Waals surface area (Å²) < 4.78 is 0. The van der Waals surface area contributed by atoms with E-state index in [2.05, 4.69) is 47.6 Å². The van der Waals surface area contributed by atoms with Crippen LogP contribution in [0.25, 0.3) is 0 Å². The summed E-state index contributed by atoms with van der Waals surface area (Å²) in [6.45, 7) is 7.75. The fourth-order valence-electron chi connectivity index (χ4n) is 4.33. The predicted octanol–water partition coefficient (Wildman–Crippen LogP) is 3.88. The van der Waals surface area contributed by atoms with Crippen molar-refractivity contribution >= 4 is 11.6 Å². The van der Waals surface area contributed by atoms with E-state index >= 15 is 0 Å². The lowest BCUT2D eigenvalue weighted by Crippen LogP contribution is -2.51. The number of benzene rings is 1. The number of nitrogens with one attached hydrogen (secondary N) is 2. The summed E-state index contributed by atoms with van der Waals surface area (Å²) in [6, 6.07) is 6.50. The summed E-state index contributed by atoms with van der Waals surface area (Å²) in [6.07, 6.45) is 9.75. The van der Waals surface area contributed by atoms with Gasteiger partial charge in [-0.1, -0.05) is 50.8 Å². The summed E-state index contributed by atoms with van der Waals surface area (Å²) in [5.41, 5.74) is 3.65. The molecule has 0 aromatic heterocycles. The van der Waals surface area contributed by atoms with Crippen LogP contribution in [0.2, 0.25) is 0 Å². The molecule has 0 saturated carbocycles. The largest absolute Gasteiger partial charge is 0.373 e. The maximum atomic E-state index is 12.7. The predicted molar refractivity (Wildman–Crippen MR) is 109 cm³/mol. The molecule has 1 fully saturated rings. The van der Waals surface area contributed by atoms with Crippen LogP contribution in [0.3, 0.4) is 0 Å². The third-order valence-corrected chi connectivity index (χ3v) is 5.85. The fraction of sp³-hybridized carbons (Fsp3) is 0.682. The SMILES string of the molecule is CCCCCCCN1CCCC(NC(=O)C2Cc3cccc(C)c3N2)C1. The highest BCUT2D eigenvalue weighted by Crippen LogP contribution is 2.29. The Bertz CT molecular complexity index is 601. The molecule has 0 radical (unpaired) electrons. The topological polar surface area (TPSA) is 44.4 Å². The van der Waals surface area contributed by atoms with Crippen molar-refractivity contribution in [1.82, 2.24) is 10.2 Å². The number of carbonyl (C=O) groups excluding carboxylic acids is 1. The minimum atomic E-state index is -0.115. The van der Waals surface area contributed by atoms with Gasteiger partial charge in [0.05, 0.1) is 0 Å². The van der Waals surface area contributed by atoms with Crippen LogP contribution in [0.15, 0.2) is 18.2 Å². The summed E-state index contributed by atoms with van der Waals surface area (Å²) in [4.78, 5) is 15.3. The molecule has 3 rings (SSSR count). The molecule has 26 heavy (non-hydrogen) atoms. The Morgan fingerprint density at radius 1 is 1.27 bits per heavy atom. The average Bonchev–Trinajstić information content (AvgIpc) is 3.08. The van der Waals surface area contributed by atoms with Crippen LogP contribution in [0, 0.1) is 6.92 Å². The molecule has 0 bridgehead atoms. The lowest BCUT2D eigenvalue weighted by Gasteiger charge is -2.33. The van der Waals surface area contributed by atoms with E-state index in [0.717, 1.165) is 25.1 Å². The second-order valence-electron chi connectivity index (χ2n) is 8.07. The highest BCUT2D eigenvalue weighted by atomic mass is 16.2. The molecule has 4 nitrogen and oxygen atoms in total. The number of likely N-dealkylation sites (tertiary alicyclic amines) is 1. The third kappa shape index (κ3) is 5.00. The molecule has 144 valence electrons. The van der Waals surface area contributed by atoms with Gasteiger partial charge in [0.15, 0.2) is 0 Å². The van der Waals surface area contributed by atoms with Crippen LogP contribution in [0.5, 0.6) is 0 Å². The molecule has 1 aromatic rings. The van der Waals surface area contributed by atoms with E-state index in [4.69, 9.17) is 0 Å². The van der Waals surface area contributed by atoms with E-state index in [1.165, 1.54) is 62.7 Å². The first-order valence-electron chi connectivity index (χ1n) is 10.5. The molecule has 1 saturated heterocycles. The Kier molecular flexibility index (Phi) is 6.95. The quantitative estimate of drug-likeness (QED) is 0.694. The molecular formula is C22H35N3O. The number of hydrogen-bond acceptors (Lipinski definition) is 3. The molecule has 2 N–H and O–H groups in total. The molecule has 2 aliphatic rings. The Balaban J connectivity index is 1.42. The molecule has 2 atom stereocenters. The highest BCUT2D eigenvalue weighted by Gasteiger charge is 2.30. The van der Waals surface area contributed by atoms with Crippen LogP contribution in [0.4, 0.5) is 5.69 Å². The Morgan fingerprint density at radius 2 is 2.12 bits per heavy atom. The number of fused-ring (bicyclic) bond motifs is 1. The number of piperidine rings is 1. The van der Waals surface area contributed by atoms with Crippen LogP contribution in [-0.4, -0.2) is 42.5 Å². The monoisotopic (exact) mass is 357 g/mol. The van der Waals surface area contributed by atoms with Crippen molar-refractivity contribution in [3.63, 3.8) is 0 Å². The molecule has 2 heterocycles. The number of rotatable bonds is 8. The summed E-state index contributed by atoms with van der Waals surface area (Å²) in [7, 11) is 0. The van der Waals surface area contributed by atoms with Crippen molar-refractivity contribution in [3.05, 3.63) is 29.3 Å². The first-order chi connectivity index (χ1) is 12.7. The zero-order chi connectivity index (χ0) is 18.4. The van der Waals surface area contributed by atoms with E-state index in [-0.39, 0.29) is 11.9 Å². The molecule has 4 heteroatoms. The van der Waals surface area contributed by atoms with Gasteiger partial charge in [-0.05, 0) is 50.4 Å². The van der Waals surface area contributed by atoms with E-state index in [1.807, 2.05) is 0 Å². The summed E-state index contributed by atoms with van der Waals surface area (Å²) in [5, 5.41) is 6.74. The number of para-hydroxylation sites is 1. The molecule has 1 amide bonds. The van der Waals surface area contributed by atoms with E-state index in [1.54, 1.807) is 0 Å². The van der Waals surface area contributed by atoms with Gasteiger partial charge in [-0.25, -0.2) is 0 Å². The second kappa shape index (κ2) is 9.40. The van der Waals surface area contributed by atoms with Gasteiger partial charge in [0.1, 0.15) is 6.04 Å². The van der Waals surface area contributed by atoms with Gasteiger partial charge in [0.2, 0.25) is 5.91 Å². The zero-order valence-corrected chi connectivity index (χ0v) is 16.5. The number of hydrogen-bond donors (Lipinski definition) is 2. The molecule has 0 aliphatic carbocycles. The van der Waals surface area contributed by atoms with Crippen LogP contribution < -0.4 is 10.6 Å². The van der Waals surface area contributed by atoms with Crippen molar-refractivity contribution < 1.29 is 4.79 Å². The van der Waals surface area contributed by atoms with Crippen molar-refractivity contribution in [3.8, 4) is 0 Å². The molecule has 2 aliphatic heterocycles. The van der Waals surface area contributed by atoms with Gasteiger partial charge in [-0.3, -0.25) is 4.79 Å². The lowest BCUT2D eigenvalue weighted by molar-refractivity contribution is -0.122. The van der Waals surface area contributed by atoms with Crippen LogP contribution >= 0.6 is 0 Å². The second-order valence-corrected chi connectivity index (χ2v) is 8.07. The minimum Gasteiger partial charge on any atom is -0.373 e. The van der Waals surface area contributed by atoms with Crippen molar-refractivity contribution in [2.45, 2.75) is 77.3 Å². The fourth-order valence-corrected chi connectivity index (χ4v) is 4.33. The summed E-state index contributed by atoms with van der Waals surface area (Å²) in [5.74, 6) is 0.162. The van der Waals surface area contributed by atoms with Gasteiger partial charge in [-0.15, -0.1) is 0 Å². The minimum absolute atomic E-state index is 0.115. The van der Waals surface area contributed by atoms with E-state index < -0.39 is 0 Å².